The van der Waals surface area contributed by atoms with E-state index in [1.165, 1.54) is 7.11 Å². The predicted molar refractivity (Wildman–Crippen MR) is 66.4 cm³/mol. The van der Waals surface area contributed by atoms with Crippen molar-refractivity contribution in [2.24, 2.45) is 5.84 Å². The fourth-order valence-electron chi connectivity index (χ4n) is 1.85. The summed E-state index contributed by atoms with van der Waals surface area (Å²) in [5.74, 6) is 6.15. The summed E-state index contributed by atoms with van der Waals surface area (Å²) in [6.07, 6.45) is 0. The molecule has 1 fully saturated rings. The lowest BCUT2D eigenvalue weighted by Gasteiger charge is -2.42. The third-order valence-corrected chi connectivity index (χ3v) is 2.80. The topological polar surface area (TPSA) is 98.4 Å². The Bertz CT molecular complexity index is 403. The van der Waals surface area contributed by atoms with Crippen molar-refractivity contribution < 1.29 is 9.47 Å². The first kappa shape index (κ1) is 12.8. The van der Waals surface area contributed by atoms with Crippen molar-refractivity contribution in [3.63, 3.8) is 0 Å². The van der Waals surface area contributed by atoms with E-state index in [0.29, 0.717) is 25.7 Å². The maximum atomic E-state index is 5.47. The third-order valence-electron chi connectivity index (χ3n) is 2.80. The number of methoxy groups -OCH3 is 1. The molecule has 0 aliphatic carbocycles. The highest BCUT2D eigenvalue weighted by molar-refractivity contribution is 5.40. The summed E-state index contributed by atoms with van der Waals surface area (Å²) >= 11 is 0. The van der Waals surface area contributed by atoms with Crippen LogP contribution >= 0.6 is 0 Å². The first-order valence-corrected chi connectivity index (χ1v) is 5.69. The van der Waals surface area contributed by atoms with Gasteiger partial charge in [0.25, 0.3) is 0 Å². The highest BCUT2D eigenvalue weighted by Crippen LogP contribution is 2.25. The van der Waals surface area contributed by atoms with Crippen LogP contribution in [0.1, 0.15) is 13.8 Å². The summed E-state index contributed by atoms with van der Waals surface area (Å²) in [6, 6.07) is 0.232. The van der Waals surface area contributed by atoms with E-state index < -0.39 is 0 Å². The number of hydrogen-bond donors (Lipinski definition) is 2. The number of ether oxygens (including phenoxy) is 2. The number of anilines is 2. The number of morpholine rings is 1. The van der Waals surface area contributed by atoms with Crippen molar-refractivity contribution >= 4 is 11.9 Å². The molecule has 0 atom stereocenters. The number of hydrogen-bond acceptors (Lipinski definition) is 8. The molecule has 0 amide bonds. The SMILES string of the molecule is COc1nc(NN)nc(N2CCOCC2(C)C)n1. The molecule has 2 heterocycles. The summed E-state index contributed by atoms with van der Waals surface area (Å²) in [5, 5.41) is 0. The molecular formula is C10H18N6O2. The van der Waals surface area contributed by atoms with Crippen LogP contribution in [0.3, 0.4) is 0 Å². The van der Waals surface area contributed by atoms with E-state index in [4.69, 9.17) is 15.3 Å². The van der Waals surface area contributed by atoms with Crippen molar-refractivity contribution in [1.82, 2.24) is 15.0 Å². The molecule has 3 N–H and O–H groups in total. The van der Waals surface area contributed by atoms with Gasteiger partial charge in [-0.2, -0.15) is 15.0 Å². The van der Waals surface area contributed by atoms with Crippen LogP contribution < -0.4 is 20.9 Å². The standard InChI is InChI=1S/C10H18N6O2/c1-10(2)6-18-5-4-16(10)8-12-7(15-11)13-9(14-8)17-3/h4-6,11H2,1-3H3,(H,12,13,14,15). The number of hydrazine groups is 1. The van der Waals surface area contributed by atoms with Crippen LogP contribution in [-0.4, -0.2) is 47.4 Å². The zero-order valence-corrected chi connectivity index (χ0v) is 10.8. The van der Waals surface area contributed by atoms with Gasteiger partial charge in [0.05, 0.1) is 25.9 Å². The molecular weight excluding hydrogens is 236 g/mol. The lowest BCUT2D eigenvalue weighted by Crippen LogP contribution is -2.54. The molecule has 0 bridgehead atoms. The lowest BCUT2D eigenvalue weighted by atomic mass is 10.0. The van der Waals surface area contributed by atoms with Gasteiger partial charge in [-0.05, 0) is 13.8 Å². The Morgan fingerprint density at radius 3 is 2.78 bits per heavy atom. The smallest absolute Gasteiger partial charge is 0.322 e. The molecule has 8 heteroatoms. The molecule has 1 saturated heterocycles. The molecule has 8 nitrogen and oxygen atoms in total. The Hall–Kier alpha value is -1.67. The zero-order chi connectivity index (χ0) is 13.2. The predicted octanol–water partition coefficient (Wildman–Crippen LogP) is -0.219. The maximum absolute atomic E-state index is 5.47. The van der Waals surface area contributed by atoms with Crippen molar-refractivity contribution in [3.05, 3.63) is 0 Å². The average molecular weight is 254 g/mol. The molecule has 1 aliphatic rings. The first-order chi connectivity index (χ1) is 8.56. The van der Waals surface area contributed by atoms with Gasteiger partial charge in [0.15, 0.2) is 0 Å². The van der Waals surface area contributed by atoms with E-state index in [1.807, 2.05) is 0 Å². The molecule has 1 aromatic rings. The van der Waals surface area contributed by atoms with Gasteiger partial charge in [0.1, 0.15) is 0 Å². The van der Waals surface area contributed by atoms with Crippen molar-refractivity contribution in [3.8, 4) is 6.01 Å². The molecule has 1 aliphatic heterocycles. The van der Waals surface area contributed by atoms with Gasteiger partial charge in [-0.1, -0.05) is 0 Å². The molecule has 0 spiro atoms. The summed E-state index contributed by atoms with van der Waals surface area (Å²) in [4.78, 5) is 14.5. The quantitative estimate of drug-likeness (QED) is 0.564. The van der Waals surface area contributed by atoms with E-state index in [9.17, 15) is 0 Å². The zero-order valence-electron chi connectivity index (χ0n) is 10.8. The molecule has 18 heavy (non-hydrogen) atoms. The summed E-state index contributed by atoms with van der Waals surface area (Å²) in [5.41, 5.74) is 2.22. The van der Waals surface area contributed by atoms with E-state index in [1.54, 1.807) is 0 Å². The summed E-state index contributed by atoms with van der Waals surface area (Å²) in [7, 11) is 1.50. The van der Waals surface area contributed by atoms with E-state index in [-0.39, 0.29) is 17.5 Å². The minimum Gasteiger partial charge on any atom is -0.467 e. The van der Waals surface area contributed by atoms with Gasteiger partial charge in [-0.25, -0.2) is 5.84 Å². The molecule has 0 aromatic carbocycles. The Morgan fingerprint density at radius 2 is 2.17 bits per heavy atom. The van der Waals surface area contributed by atoms with Gasteiger partial charge in [-0.15, -0.1) is 0 Å². The Kier molecular flexibility index (Phi) is 3.48. The van der Waals surface area contributed by atoms with Gasteiger partial charge in [0.2, 0.25) is 11.9 Å². The largest absolute Gasteiger partial charge is 0.467 e. The van der Waals surface area contributed by atoms with Crippen molar-refractivity contribution in [2.45, 2.75) is 19.4 Å². The van der Waals surface area contributed by atoms with Crippen LogP contribution in [0.25, 0.3) is 0 Å². The highest BCUT2D eigenvalue weighted by atomic mass is 16.5. The first-order valence-electron chi connectivity index (χ1n) is 5.69. The van der Waals surface area contributed by atoms with Crippen molar-refractivity contribution in [2.75, 3.05) is 37.2 Å². The second kappa shape index (κ2) is 4.91. The summed E-state index contributed by atoms with van der Waals surface area (Å²) < 4.78 is 10.5. The molecule has 0 radical (unpaired) electrons. The number of aromatic nitrogens is 3. The fourth-order valence-corrected chi connectivity index (χ4v) is 1.85. The van der Waals surface area contributed by atoms with Crippen LogP contribution in [-0.2, 0) is 4.74 Å². The molecule has 2 rings (SSSR count). The van der Waals surface area contributed by atoms with Crippen molar-refractivity contribution in [1.29, 1.82) is 0 Å². The third kappa shape index (κ3) is 2.44. The molecule has 100 valence electrons. The number of nitrogens with zero attached hydrogens (tertiary/aromatic N) is 4. The van der Waals surface area contributed by atoms with Crippen LogP contribution in [0.2, 0.25) is 0 Å². The fraction of sp³-hybridized carbons (Fsp3) is 0.700. The Morgan fingerprint density at radius 1 is 1.39 bits per heavy atom. The van der Waals surface area contributed by atoms with Crippen LogP contribution in [0, 0.1) is 0 Å². The van der Waals surface area contributed by atoms with Crippen LogP contribution in [0.4, 0.5) is 11.9 Å². The molecule has 0 saturated carbocycles. The normalized spacial score (nSPS) is 18.6. The van der Waals surface area contributed by atoms with Crippen LogP contribution in [0.15, 0.2) is 0 Å². The Labute approximate surface area is 105 Å². The monoisotopic (exact) mass is 254 g/mol. The number of nitrogens with one attached hydrogen (secondary N) is 1. The number of rotatable bonds is 3. The van der Waals surface area contributed by atoms with E-state index in [2.05, 4.69) is 39.1 Å². The lowest BCUT2D eigenvalue weighted by molar-refractivity contribution is 0.0633. The summed E-state index contributed by atoms with van der Waals surface area (Å²) in [6.45, 7) is 6.11. The molecule has 0 unspecified atom stereocenters. The highest BCUT2D eigenvalue weighted by Gasteiger charge is 2.33. The second-order valence-corrected chi connectivity index (χ2v) is 4.61. The van der Waals surface area contributed by atoms with E-state index in [0.717, 1.165) is 0 Å². The maximum Gasteiger partial charge on any atom is 0.322 e. The van der Waals surface area contributed by atoms with Gasteiger partial charge in [0, 0.05) is 6.54 Å². The molecule has 1 aromatic heterocycles. The van der Waals surface area contributed by atoms with E-state index >= 15 is 0 Å². The average Bonchev–Trinajstić information content (AvgIpc) is 2.37. The van der Waals surface area contributed by atoms with Crippen LogP contribution in [0.5, 0.6) is 6.01 Å². The van der Waals surface area contributed by atoms with Gasteiger partial charge < -0.3 is 14.4 Å². The Balaban J connectivity index is 2.36. The minimum absolute atomic E-state index is 0.184. The van der Waals surface area contributed by atoms with Gasteiger partial charge >= 0.3 is 6.01 Å². The number of nitrogen functional groups attached to an aromatic ring is 1. The minimum atomic E-state index is -0.184. The second-order valence-electron chi connectivity index (χ2n) is 4.61. The number of nitrogens with two attached hydrogens (primary N) is 1. The van der Waals surface area contributed by atoms with Gasteiger partial charge in [-0.3, -0.25) is 5.43 Å².